The number of hydrogen-bond donors (Lipinski definition) is 1. The summed E-state index contributed by atoms with van der Waals surface area (Å²) in [6.07, 6.45) is 10.6. The van der Waals surface area contributed by atoms with Gasteiger partial charge in [-0.1, -0.05) is 57.9 Å². The van der Waals surface area contributed by atoms with Crippen molar-refractivity contribution in [1.29, 1.82) is 0 Å². The van der Waals surface area contributed by atoms with Crippen molar-refractivity contribution >= 4 is 10.1 Å². The van der Waals surface area contributed by atoms with Gasteiger partial charge in [0.25, 0.3) is 10.1 Å². The summed E-state index contributed by atoms with van der Waals surface area (Å²) in [6.45, 7) is 7.44. The fourth-order valence-corrected chi connectivity index (χ4v) is 1.99. The van der Waals surface area contributed by atoms with Gasteiger partial charge < -0.3 is 0 Å². The van der Waals surface area contributed by atoms with Crippen molar-refractivity contribution in [1.82, 2.24) is 0 Å². The summed E-state index contributed by atoms with van der Waals surface area (Å²) < 4.78 is 29.2. The van der Waals surface area contributed by atoms with Crippen LogP contribution in [0, 0.1) is 0 Å². The van der Waals surface area contributed by atoms with Crippen molar-refractivity contribution in [3.8, 4) is 0 Å². The molecule has 0 aromatic heterocycles. The van der Waals surface area contributed by atoms with Gasteiger partial charge in [-0.25, -0.2) is 0 Å². The number of hydrogen-bond acceptors (Lipinski definition) is 2. The number of allylic oxidation sites excluding steroid dienone is 1. The number of rotatable bonds is 9. The van der Waals surface area contributed by atoms with Crippen LogP contribution in [-0.4, -0.2) is 18.7 Å². The highest BCUT2D eigenvalue weighted by Gasteiger charge is 2.02. The zero-order chi connectivity index (χ0) is 13.6. The Hall–Kier alpha value is -0.350. The molecule has 0 spiro atoms. The molecule has 0 aliphatic carbocycles. The molecule has 0 saturated heterocycles. The minimum absolute atomic E-state index is 0.0814. The average Bonchev–Trinajstić information content (AvgIpc) is 2.22. The minimum atomic E-state index is -3.73. The van der Waals surface area contributed by atoms with E-state index in [0.29, 0.717) is 6.42 Å². The van der Waals surface area contributed by atoms with E-state index in [0.717, 1.165) is 12.8 Å². The van der Waals surface area contributed by atoms with Gasteiger partial charge in [0.2, 0.25) is 0 Å². The second kappa shape index (κ2) is 13.7. The molecule has 0 aromatic rings. The molecule has 0 radical (unpaired) electrons. The molecule has 0 saturated carbocycles. The molecular formula is C13H28O3S. The van der Waals surface area contributed by atoms with E-state index in [1.807, 2.05) is 6.92 Å². The Kier molecular flexibility index (Phi) is 15.3. The molecule has 0 aromatic carbocycles. The zero-order valence-electron chi connectivity index (χ0n) is 11.3. The van der Waals surface area contributed by atoms with Gasteiger partial charge in [0.1, 0.15) is 0 Å². The van der Waals surface area contributed by atoms with E-state index in [9.17, 15) is 8.42 Å². The zero-order valence-corrected chi connectivity index (χ0v) is 12.1. The molecule has 0 bridgehead atoms. The maximum absolute atomic E-state index is 10.4. The van der Waals surface area contributed by atoms with Crippen molar-refractivity contribution in [2.24, 2.45) is 0 Å². The van der Waals surface area contributed by atoms with Gasteiger partial charge >= 0.3 is 0 Å². The van der Waals surface area contributed by atoms with E-state index >= 15 is 0 Å². The highest BCUT2D eigenvalue weighted by Crippen LogP contribution is 2.08. The van der Waals surface area contributed by atoms with Gasteiger partial charge in [-0.05, 0) is 13.3 Å². The van der Waals surface area contributed by atoms with Gasteiger partial charge in [-0.15, -0.1) is 6.58 Å². The molecule has 0 unspecified atom stereocenters. The third kappa shape index (κ3) is 25.7. The maximum Gasteiger partial charge on any atom is 0.264 e. The Morgan fingerprint density at radius 2 is 1.35 bits per heavy atom. The van der Waals surface area contributed by atoms with Crippen LogP contribution in [0.4, 0.5) is 0 Å². The van der Waals surface area contributed by atoms with Gasteiger partial charge in [-0.3, -0.25) is 4.55 Å². The van der Waals surface area contributed by atoms with E-state index in [1.54, 1.807) is 6.08 Å². The second-order valence-corrected chi connectivity index (χ2v) is 5.74. The van der Waals surface area contributed by atoms with Crippen LogP contribution in [0.2, 0.25) is 0 Å². The molecule has 0 aliphatic heterocycles. The highest BCUT2D eigenvalue weighted by molar-refractivity contribution is 7.85. The Labute approximate surface area is 107 Å². The summed E-state index contributed by atoms with van der Waals surface area (Å²) in [5, 5.41) is 0. The van der Waals surface area contributed by atoms with Gasteiger partial charge in [0.05, 0.1) is 5.75 Å². The lowest BCUT2D eigenvalue weighted by atomic mass is 10.1. The summed E-state index contributed by atoms with van der Waals surface area (Å²) in [5.41, 5.74) is 0. The molecule has 1 N–H and O–H groups in total. The standard InChI is InChI=1S/C10H22O3S.C3H6/c1-2-3-4-5-6-7-8-9-10-14(11,12)13;1-3-2/h2-10H2,1H3,(H,11,12,13);3H,1H2,2H3. The van der Waals surface area contributed by atoms with Crippen LogP contribution in [0.25, 0.3) is 0 Å². The summed E-state index contributed by atoms with van der Waals surface area (Å²) in [7, 11) is -3.73. The lowest BCUT2D eigenvalue weighted by Gasteiger charge is -2.00. The van der Waals surface area contributed by atoms with Crippen LogP contribution in [0.1, 0.15) is 65.2 Å². The predicted octanol–water partition coefficient (Wildman–Crippen LogP) is 4.21. The highest BCUT2D eigenvalue weighted by atomic mass is 32.2. The second-order valence-electron chi connectivity index (χ2n) is 4.17. The average molecular weight is 264 g/mol. The Balaban J connectivity index is 0. The lowest BCUT2D eigenvalue weighted by molar-refractivity contribution is 0.478. The van der Waals surface area contributed by atoms with E-state index in [1.165, 1.54) is 32.1 Å². The first-order chi connectivity index (χ1) is 7.97. The van der Waals surface area contributed by atoms with Gasteiger partial charge in [0, 0.05) is 0 Å². The molecule has 3 nitrogen and oxygen atoms in total. The van der Waals surface area contributed by atoms with E-state index in [-0.39, 0.29) is 5.75 Å². The SMILES string of the molecule is C=CC.CCCCCCCCCCS(=O)(=O)O. The summed E-state index contributed by atoms with van der Waals surface area (Å²) >= 11 is 0. The molecule has 0 amide bonds. The third-order valence-corrected chi connectivity index (χ3v) is 3.06. The summed E-state index contributed by atoms with van der Waals surface area (Å²) in [6, 6.07) is 0. The molecule has 0 aliphatic rings. The lowest BCUT2D eigenvalue weighted by Crippen LogP contribution is -2.03. The van der Waals surface area contributed by atoms with Gasteiger partial charge in [0.15, 0.2) is 0 Å². The van der Waals surface area contributed by atoms with E-state index in [4.69, 9.17) is 4.55 Å². The van der Waals surface area contributed by atoms with E-state index in [2.05, 4.69) is 13.5 Å². The van der Waals surface area contributed by atoms with Crippen LogP contribution in [-0.2, 0) is 10.1 Å². The van der Waals surface area contributed by atoms with E-state index < -0.39 is 10.1 Å². The first kappa shape index (κ1) is 19.0. The molecule has 0 rings (SSSR count). The topological polar surface area (TPSA) is 54.4 Å². The maximum atomic E-state index is 10.4. The smallest absolute Gasteiger partial charge is 0.264 e. The van der Waals surface area contributed by atoms with Crippen molar-refractivity contribution in [3.05, 3.63) is 12.7 Å². The number of unbranched alkanes of at least 4 members (excludes halogenated alkanes) is 7. The largest absolute Gasteiger partial charge is 0.286 e. The third-order valence-electron chi connectivity index (χ3n) is 2.26. The Bertz CT molecular complexity index is 245. The molecule has 0 fully saturated rings. The van der Waals surface area contributed by atoms with Crippen molar-refractivity contribution < 1.29 is 13.0 Å². The first-order valence-corrected chi connectivity index (χ1v) is 8.11. The minimum Gasteiger partial charge on any atom is -0.286 e. The van der Waals surface area contributed by atoms with Crippen molar-refractivity contribution in [3.63, 3.8) is 0 Å². The predicted molar refractivity (Wildman–Crippen MR) is 74.9 cm³/mol. The summed E-state index contributed by atoms with van der Waals surface area (Å²) in [5.74, 6) is -0.0814. The van der Waals surface area contributed by atoms with Crippen molar-refractivity contribution in [2.45, 2.75) is 65.2 Å². The normalized spacial score (nSPS) is 10.5. The van der Waals surface area contributed by atoms with Gasteiger partial charge in [-0.2, -0.15) is 8.42 Å². The van der Waals surface area contributed by atoms with Crippen molar-refractivity contribution in [2.75, 3.05) is 5.75 Å². The molecule has 104 valence electrons. The van der Waals surface area contributed by atoms with Crippen LogP contribution in [0.5, 0.6) is 0 Å². The Morgan fingerprint density at radius 1 is 1.00 bits per heavy atom. The van der Waals surface area contributed by atoms with Crippen LogP contribution in [0.15, 0.2) is 12.7 Å². The quantitative estimate of drug-likeness (QED) is 0.385. The summed E-state index contributed by atoms with van der Waals surface area (Å²) in [4.78, 5) is 0. The first-order valence-electron chi connectivity index (χ1n) is 6.50. The fraction of sp³-hybridized carbons (Fsp3) is 0.846. The molecule has 17 heavy (non-hydrogen) atoms. The molecular weight excluding hydrogens is 236 g/mol. The monoisotopic (exact) mass is 264 g/mol. The van der Waals surface area contributed by atoms with Crippen LogP contribution >= 0.6 is 0 Å². The molecule has 0 atom stereocenters. The molecule has 4 heteroatoms. The molecule has 0 heterocycles. The fourth-order valence-electron chi connectivity index (χ4n) is 1.42. The Morgan fingerprint density at radius 3 is 1.71 bits per heavy atom. The van der Waals surface area contributed by atoms with Crippen LogP contribution < -0.4 is 0 Å². The van der Waals surface area contributed by atoms with Crippen LogP contribution in [0.3, 0.4) is 0 Å².